The van der Waals surface area contributed by atoms with Gasteiger partial charge in [0.1, 0.15) is 0 Å². The van der Waals surface area contributed by atoms with Gasteiger partial charge in [-0.05, 0) is 35.9 Å². The molecule has 4 nitrogen and oxygen atoms in total. The molecule has 0 radical (unpaired) electrons. The van der Waals surface area contributed by atoms with Crippen LogP contribution in [0.1, 0.15) is 5.56 Å². The van der Waals surface area contributed by atoms with E-state index in [9.17, 15) is 4.79 Å². The number of aromatic nitrogens is 3. The van der Waals surface area contributed by atoms with Gasteiger partial charge in [0, 0.05) is 15.6 Å². The largest absolute Gasteiger partial charge is 0.291 e. The van der Waals surface area contributed by atoms with Crippen molar-refractivity contribution in [2.24, 2.45) is 0 Å². The molecule has 0 amide bonds. The number of hydrogen-bond donors (Lipinski definition) is 0. The molecule has 4 aromatic rings. The van der Waals surface area contributed by atoms with Crippen LogP contribution in [0.2, 0.25) is 10.0 Å². The molecule has 2 aromatic carbocycles. The number of halogens is 2. The Hall–Kier alpha value is -2.21. The number of benzene rings is 2. The Balaban J connectivity index is 1.83. The fourth-order valence-corrected chi connectivity index (χ4v) is 3.63. The van der Waals surface area contributed by atoms with E-state index in [1.165, 1.54) is 15.9 Å². The molecular weight excluding hydrogens is 365 g/mol. The molecule has 0 aliphatic rings. The van der Waals surface area contributed by atoms with E-state index >= 15 is 0 Å². The first-order chi connectivity index (χ1) is 11.6. The molecule has 0 aliphatic carbocycles. The Bertz CT molecular complexity index is 1170. The summed E-state index contributed by atoms with van der Waals surface area (Å²) in [5.41, 5.74) is 1.44. The number of fused-ring (bicyclic) bond motifs is 1. The van der Waals surface area contributed by atoms with E-state index in [1.807, 2.05) is 24.3 Å². The molecule has 0 aliphatic heterocycles. The van der Waals surface area contributed by atoms with E-state index in [1.54, 1.807) is 30.3 Å². The second-order valence-electron chi connectivity index (χ2n) is 5.11. The van der Waals surface area contributed by atoms with Gasteiger partial charge >= 0.3 is 0 Å². The first-order valence-electron chi connectivity index (χ1n) is 7.03. The summed E-state index contributed by atoms with van der Waals surface area (Å²) < 4.78 is 1.88. The summed E-state index contributed by atoms with van der Waals surface area (Å²) in [6.07, 6.45) is 1.79. The van der Waals surface area contributed by atoms with Gasteiger partial charge < -0.3 is 0 Å². The summed E-state index contributed by atoms with van der Waals surface area (Å²) in [7, 11) is 0. The van der Waals surface area contributed by atoms with Gasteiger partial charge in [0.05, 0.1) is 4.53 Å². The van der Waals surface area contributed by atoms with Gasteiger partial charge in [-0.2, -0.15) is 9.50 Å². The molecule has 0 N–H and O–H groups in total. The highest BCUT2D eigenvalue weighted by Gasteiger charge is 2.12. The van der Waals surface area contributed by atoms with Gasteiger partial charge in [0.2, 0.25) is 4.96 Å². The van der Waals surface area contributed by atoms with Crippen molar-refractivity contribution >= 4 is 45.6 Å². The maximum absolute atomic E-state index is 12.5. The summed E-state index contributed by atoms with van der Waals surface area (Å²) >= 11 is 13.3. The van der Waals surface area contributed by atoms with Gasteiger partial charge in [-0.1, -0.05) is 58.8 Å². The third kappa shape index (κ3) is 2.82. The van der Waals surface area contributed by atoms with Crippen molar-refractivity contribution in [2.45, 2.75) is 0 Å². The first-order valence-corrected chi connectivity index (χ1v) is 8.60. The average molecular weight is 374 g/mol. The molecule has 4 rings (SSSR count). The lowest BCUT2D eigenvalue weighted by atomic mass is 10.2. The molecule has 118 valence electrons. The molecule has 24 heavy (non-hydrogen) atoms. The molecule has 2 aromatic heterocycles. The third-order valence-electron chi connectivity index (χ3n) is 3.41. The van der Waals surface area contributed by atoms with Crippen LogP contribution in [-0.4, -0.2) is 14.6 Å². The predicted molar refractivity (Wildman–Crippen MR) is 97.8 cm³/mol. The average Bonchev–Trinajstić information content (AvgIpc) is 3.08. The Labute approximate surface area is 150 Å². The quantitative estimate of drug-likeness (QED) is 0.538. The number of nitrogens with zero attached hydrogens (tertiary/aromatic N) is 3. The lowest BCUT2D eigenvalue weighted by Crippen LogP contribution is -2.23. The van der Waals surface area contributed by atoms with E-state index in [0.29, 0.717) is 25.4 Å². The van der Waals surface area contributed by atoms with Crippen LogP contribution in [0.4, 0.5) is 0 Å². The lowest BCUT2D eigenvalue weighted by Gasteiger charge is -1.94. The second kappa shape index (κ2) is 6.02. The maximum Gasteiger partial charge on any atom is 0.291 e. The summed E-state index contributed by atoms with van der Waals surface area (Å²) in [4.78, 5) is 17.5. The first kappa shape index (κ1) is 15.3. The number of rotatable bonds is 2. The van der Waals surface area contributed by atoms with Gasteiger partial charge in [-0.25, -0.2) is 0 Å². The molecule has 0 fully saturated rings. The highest BCUT2D eigenvalue weighted by atomic mass is 35.5. The molecule has 2 heterocycles. The van der Waals surface area contributed by atoms with Crippen molar-refractivity contribution in [3.63, 3.8) is 0 Å². The minimum Gasteiger partial charge on any atom is -0.266 e. The fourth-order valence-electron chi connectivity index (χ4n) is 2.33. The second-order valence-corrected chi connectivity index (χ2v) is 6.99. The normalized spacial score (nSPS) is 12.2. The van der Waals surface area contributed by atoms with Crippen molar-refractivity contribution in [3.8, 4) is 11.4 Å². The smallest absolute Gasteiger partial charge is 0.266 e. The van der Waals surface area contributed by atoms with Crippen LogP contribution in [0, 0.1) is 0 Å². The van der Waals surface area contributed by atoms with Gasteiger partial charge in [0.25, 0.3) is 5.56 Å². The minimum absolute atomic E-state index is 0.198. The van der Waals surface area contributed by atoms with Crippen LogP contribution in [0.3, 0.4) is 0 Å². The van der Waals surface area contributed by atoms with Gasteiger partial charge in [-0.3, -0.25) is 4.79 Å². The van der Waals surface area contributed by atoms with E-state index in [-0.39, 0.29) is 5.56 Å². The van der Waals surface area contributed by atoms with Crippen LogP contribution >= 0.6 is 34.5 Å². The Morgan fingerprint density at radius 3 is 2.50 bits per heavy atom. The molecule has 0 atom stereocenters. The fraction of sp³-hybridized carbons (Fsp3) is 0. The minimum atomic E-state index is -0.198. The highest BCUT2D eigenvalue weighted by molar-refractivity contribution is 7.15. The zero-order chi connectivity index (χ0) is 16.7. The Morgan fingerprint density at radius 2 is 1.79 bits per heavy atom. The molecule has 0 saturated heterocycles. The predicted octanol–water partition coefficient (Wildman–Crippen LogP) is 3.67. The van der Waals surface area contributed by atoms with E-state index in [0.717, 1.165) is 11.1 Å². The SMILES string of the molecule is O=c1/c(=C/c2cccc(Cl)c2)sc2nc(-c3cccc(Cl)c3)nn12. The van der Waals surface area contributed by atoms with Crippen LogP contribution in [-0.2, 0) is 0 Å². The zero-order valence-electron chi connectivity index (χ0n) is 12.1. The molecular formula is C17H9Cl2N3OS. The van der Waals surface area contributed by atoms with Crippen LogP contribution in [0.15, 0.2) is 53.3 Å². The monoisotopic (exact) mass is 373 g/mol. The summed E-state index contributed by atoms with van der Waals surface area (Å²) in [6, 6.07) is 14.5. The summed E-state index contributed by atoms with van der Waals surface area (Å²) in [5.74, 6) is 0.482. The van der Waals surface area contributed by atoms with Crippen molar-refractivity contribution in [3.05, 3.63) is 79.0 Å². The van der Waals surface area contributed by atoms with Crippen LogP contribution in [0.5, 0.6) is 0 Å². The molecule has 0 bridgehead atoms. The van der Waals surface area contributed by atoms with Gasteiger partial charge in [0.15, 0.2) is 5.82 Å². The maximum atomic E-state index is 12.5. The van der Waals surface area contributed by atoms with Crippen molar-refractivity contribution in [1.29, 1.82) is 0 Å². The number of hydrogen-bond acceptors (Lipinski definition) is 4. The molecule has 0 spiro atoms. The molecule has 0 unspecified atom stereocenters. The van der Waals surface area contributed by atoms with Crippen molar-refractivity contribution in [2.75, 3.05) is 0 Å². The highest BCUT2D eigenvalue weighted by Crippen LogP contribution is 2.20. The van der Waals surface area contributed by atoms with Gasteiger partial charge in [-0.15, -0.1) is 5.10 Å². The van der Waals surface area contributed by atoms with E-state index < -0.39 is 0 Å². The van der Waals surface area contributed by atoms with Crippen LogP contribution in [0.25, 0.3) is 22.4 Å². The van der Waals surface area contributed by atoms with E-state index in [2.05, 4.69) is 10.1 Å². The number of thiazole rings is 1. The van der Waals surface area contributed by atoms with Crippen molar-refractivity contribution in [1.82, 2.24) is 14.6 Å². The topological polar surface area (TPSA) is 47.3 Å². The zero-order valence-corrected chi connectivity index (χ0v) is 14.4. The Morgan fingerprint density at radius 1 is 1.04 bits per heavy atom. The van der Waals surface area contributed by atoms with Crippen molar-refractivity contribution < 1.29 is 0 Å². The Kier molecular flexibility index (Phi) is 3.84. The summed E-state index contributed by atoms with van der Waals surface area (Å²) in [6.45, 7) is 0. The summed E-state index contributed by atoms with van der Waals surface area (Å²) in [5, 5.41) is 5.53. The van der Waals surface area contributed by atoms with Crippen LogP contribution < -0.4 is 10.1 Å². The molecule has 7 heteroatoms. The van der Waals surface area contributed by atoms with E-state index in [4.69, 9.17) is 23.2 Å². The lowest BCUT2D eigenvalue weighted by molar-refractivity contribution is 0.937. The standard InChI is InChI=1S/C17H9Cl2N3OS/c18-12-5-1-3-10(7-12)8-14-16(23)22-17(24-14)20-15(21-22)11-4-2-6-13(19)9-11/h1-9H/b14-8-. The molecule has 0 saturated carbocycles. The third-order valence-corrected chi connectivity index (χ3v) is 4.84.